The summed E-state index contributed by atoms with van der Waals surface area (Å²) in [7, 11) is 0. The van der Waals surface area contributed by atoms with E-state index in [2.05, 4.69) is 10.2 Å². The molecule has 1 amide bonds. The molecule has 1 aromatic rings. The van der Waals surface area contributed by atoms with Crippen molar-refractivity contribution in [2.75, 3.05) is 36.5 Å². The highest BCUT2D eigenvalue weighted by atomic mass is 16.6. The number of benzene rings is 1. The molecule has 0 radical (unpaired) electrons. The first-order valence-corrected chi connectivity index (χ1v) is 6.55. The number of morpholine rings is 1. The van der Waals surface area contributed by atoms with Crippen molar-refractivity contribution < 1.29 is 14.3 Å². The van der Waals surface area contributed by atoms with Crippen LogP contribution in [-0.4, -0.2) is 38.5 Å². The van der Waals surface area contributed by atoms with E-state index in [4.69, 9.17) is 9.47 Å². The first-order chi connectivity index (χ1) is 9.15. The molecule has 1 heterocycles. The van der Waals surface area contributed by atoms with Crippen molar-refractivity contribution in [3.05, 3.63) is 24.3 Å². The molecule has 0 unspecified atom stereocenters. The first kappa shape index (κ1) is 13.7. The largest absolute Gasteiger partial charge is 0.447 e. The van der Waals surface area contributed by atoms with Crippen molar-refractivity contribution in [1.82, 2.24) is 0 Å². The average Bonchev–Trinajstić information content (AvgIpc) is 2.39. The van der Waals surface area contributed by atoms with Crippen LogP contribution >= 0.6 is 0 Å². The van der Waals surface area contributed by atoms with Gasteiger partial charge in [-0.25, -0.2) is 4.79 Å². The highest BCUT2D eigenvalue weighted by molar-refractivity contribution is 5.84. The number of carbonyl (C=O) groups is 1. The Morgan fingerprint density at radius 2 is 1.89 bits per heavy atom. The lowest BCUT2D eigenvalue weighted by Crippen LogP contribution is -2.36. The lowest BCUT2D eigenvalue weighted by Gasteiger charge is -2.28. The van der Waals surface area contributed by atoms with Crippen LogP contribution in [0.1, 0.15) is 13.8 Å². The number of rotatable bonds is 3. The summed E-state index contributed by atoms with van der Waals surface area (Å²) in [5, 5.41) is 2.70. The molecule has 0 bridgehead atoms. The van der Waals surface area contributed by atoms with Crippen molar-refractivity contribution in [3.8, 4) is 0 Å². The van der Waals surface area contributed by atoms with Crippen LogP contribution in [0.2, 0.25) is 0 Å². The molecule has 0 aromatic heterocycles. The van der Waals surface area contributed by atoms with E-state index in [0.29, 0.717) is 0 Å². The van der Waals surface area contributed by atoms with Crippen molar-refractivity contribution in [2.24, 2.45) is 0 Å². The molecule has 1 aromatic carbocycles. The van der Waals surface area contributed by atoms with Crippen molar-refractivity contribution >= 4 is 17.5 Å². The minimum atomic E-state index is -0.422. The quantitative estimate of drug-likeness (QED) is 0.911. The van der Waals surface area contributed by atoms with Gasteiger partial charge >= 0.3 is 6.09 Å². The smallest absolute Gasteiger partial charge is 0.411 e. The number of nitrogens with one attached hydrogen (secondary N) is 1. The zero-order valence-corrected chi connectivity index (χ0v) is 11.4. The average molecular weight is 264 g/mol. The van der Waals surface area contributed by atoms with Crippen LogP contribution in [0.4, 0.5) is 16.2 Å². The molecule has 0 saturated carbocycles. The summed E-state index contributed by atoms with van der Waals surface area (Å²) in [5.74, 6) is 0. The van der Waals surface area contributed by atoms with E-state index in [1.807, 2.05) is 38.1 Å². The Hall–Kier alpha value is -1.75. The summed E-state index contributed by atoms with van der Waals surface area (Å²) >= 11 is 0. The van der Waals surface area contributed by atoms with Crippen molar-refractivity contribution in [3.63, 3.8) is 0 Å². The fourth-order valence-electron chi connectivity index (χ4n) is 1.94. The van der Waals surface area contributed by atoms with Crippen LogP contribution < -0.4 is 10.2 Å². The molecular weight excluding hydrogens is 244 g/mol. The second kappa shape index (κ2) is 6.43. The maximum atomic E-state index is 11.4. The van der Waals surface area contributed by atoms with E-state index in [1.54, 1.807) is 0 Å². The molecule has 19 heavy (non-hydrogen) atoms. The molecule has 1 aliphatic rings. The van der Waals surface area contributed by atoms with Gasteiger partial charge in [0.2, 0.25) is 0 Å². The summed E-state index contributed by atoms with van der Waals surface area (Å²) in [6, 6.07) is 7.76. The highest BCUT2D eigenvalue weighted by Gasteiger charge is 2.11. The SMILES string of the molecule is CC(C)OC(=O)Nc1ccc(N2CCOCC2)cc1. The van der Waals surface area contributed by atoms with Crippen LogP contribution in [0.5, 0.6) is 0 Å². The van der Waals surface area contributed by atoms with E-state index >= 15 is 0 Å². The lowest BCUT2D eigenvalue weighted by molar-refractivity contribution is 0.122. The third-order valence-electron chi connectivity index (χ3n) is 2.83. The Balaban J connectivity index is 1.92. The third kappa shape index (κ3) is 4.13. The Morgan fingerprint density at radius 3 is 2.47 bits per heavy atom. The normalized spacial score (nSPS) is 15.4. The maximum Gasteiger partial charge on any atom is 0.411 e. The van der Waals surface area contributed by atoms with Gasteiger partial charge in [-0.15, -0.1) is 0 Å². The lowest BCUT2D eigenvalue weighted by atomic mass is 10.2. The first-order valence-electron chi connectivity index (χ1n) is 6.55. The molecule has 1 N–H and O–H groups in total. The molecule has 1 fully saturated rings. The molecule has 0 atom stereocenters. The second-order valence-electron chi connectivity index (χ2n) is 4.73. The van der Waals surface area contributed by atoms with Crippen LogP contribution in [0.15, 0.2) is 24.3 Å². The minimum absolute atomic E-state index is 0.118. The summed E-state index contributed by atoms with van der Waals surface area (Å²) < 4.78 is 10.3. The molecule has 2 rings (SSSR count). The molecule has 5 heteroatoms. The number of anilines is 2. The molecule has 0 spiro atoms. The standard InChI is InChI=1S/C14H20N2O3/c1-11(2)19-14(17)15-12-3-5-13(6-4-12)16-7-9-18-10-8-16/h3-6,11H,7-10H2,1-2H3,(H,15,17). The molecule has 104 valence electrons. The zero-order chi connectivity index (χ0) is 13.7. The minimum Gasteiger partial charge on any atom is -0.447 e. The Bertz CT molecular complexity index is 411. The molecule has 1 aliphatic heterocycles. The van der Waals surface area contributed by atoms with Crippen LogP contribution in [-0.2, 0) is 9.47 Å². The van der Waals surface area contributed by atoms with Gasteiger partial charge in [0.25, 0.3) is 0 Å². The molecule has 1 saturated heterocycles. The number of carbonyl (C=O) groups excluding carboxylic acids is 1. The molecule has 5 nitrogen and oxygen atoms in total. The summed E-state index contributed by atoms with van der Waals surface area (Å²) in [4.78, 5) is 13.7. The van der Waals surface area contributed by atoms with Gasteiger partial charge in [0.1, 0.15) is 0 Å². The summed E-state index contributed by atoms with van der Waals surface area (Å²) in [6.07, 6.45) is -0.540. The number of ether oxygens (including phenoxy) is 2. The van der Waals surface area contributed by atoms with Gasteiger partial charge in [0.05, 0.1) is 19.3 Å². The van der Waals surface area contributed by atoms with E-state index in [0.717, 1.165) is 37.7 Å². The Labute approximate surface area is 113 Å². The molecule has 0 aliphatic carbocycles. The van der Waals surface area contributed by atoms with Gasteiger partial charge in [-0.3, -0.25) is 5.32 Å². The topological polar surface area (TPSA) is 50.8 Å². The molecular formula is C14H20N2O3. The number of amides is 1. The Kier molecular flexibility index (Phi) is 4.63. The van der Waals surface area contributed by atoms with Crippen molar-refractivity contribution in [2.45, 2.75) is 20.0 Å². The number of nitrogens with zero attached hydrogens (tertiary/aromatic N) is 1. The van der Waals surface area contributed by atoms with Crippen LogP contribution in [0.3, 0.4) is 0 Å². The van der Waals surface area contributed by atoms with E-state index in [1.165, 1.54) is 0 Å². The number of hydrogen-bond acceptors (Lipinski definition) is 4. The fourth-order valence-corrected chi connectivity index (χ4v) is 1.94. The van der Waals surface area contributed by atoms with Gasteiger partial charge in [-0.2, -0.15) is 0 Å². The number of hydrogen-bond donors (Lipinski definition) is 1. The second-order valence-corrected chi connectivity index (χ2v) is 4.73. The van der Waals surface area contributed by atoms with Gasteiger partial charge in [0.15, 0.2) is 0 Å². The van der Waals surface area contributed by atoms with Crippen LogP contribution in [0, 0.1) is 0 Å². The summed E-state index contributed by atoms with van der Waals surface area (Å²) in [5.41, 5.74) is 1.88. The van der Waals surface area contributed by atoms with E-state index in [-0.39, 0.29) is 6.10 Å². The van der Waals surface area contributed by atoms with E-state index in [9.17, 15) is 4.79 Å². The monoisotopic (exact) mass is 264 g/mol. The fraction of sp³-hybridized carbons (Fsp3) is 0.500. The van der Waals surface area contributed by atoms with Crippen molar-refractivity contribution in [1.29, 1.82) is 0 Å². The predicted octanol–water partition coefficient (Wildman–Crippen LogP) is 2.48. The highest BCUT2D eigenvalue weighted by Crippen LogP contribution is 2.19. The van der Waals surface area contributed by atoms with Crippen LogP contribution in [0.25, 0.3) is 0 Å². The van der Waals surface area contributed by atoms with Gasteiger partial charge < -0.3 is 14.4 Å². The Morgan fingerprint density at radius 1 is 1.26 bits per heavy atom. The van der Waals surface area contributed by atoms with E-state index < -0.39 is 6.09 Å². The van der Waals surface area contributed by atoms with Gasteiger partial charge in [0, 0.05) is 24.5 Å². The van der Waals surface area contributed by atoms with Gasteiger partial charge in [-0.1, -0.05) is 0 Å². The predicted molar refractivity (Wildman–Crippen MR) is 74.7 cm³/mol. The van der Waals surface area contributed by atoms with Gasteiger partial charge in [-0.05, 0) is 38.1 Å². The maximum absolute atomic E-state index is 11.4. The third-order valence-corrected chi connectivity index (χ3v) is 2.83. The summed E-state index contributed by atoms with van der Waals surface area (Å²) in [6.45, 7) is 6.98. The zero-order valence-electron chi connectivity index (χ0n) is 11.4.